The molecule has 25 heavy (non-hydrogen) atoms. The summed E-state index contributed by atoms with van der Waals surface area (Å²) in [6.07, 6.45) is 2.22. The van der Waals surface area contributed by atoms with Gasteiger partial charge in [-0.25, -0.2) is 4.79 Å². The first-order valence-corrected chi connectivity index (χ1v) is 8.18. The van der Waals surface area contributed by atoms with Gasteiger partial charge in [-0.2, -0.15) is 0 Å². The van der Waals surface area contributed by atoms with Crippen molar-refractivity contribution < 1.29 is 14.3 Å². The van der Waals surface area contributed by atoms with E-state index in [0.717, 1.165) is 24.2 Å². The Bertz CT molecular complexity index is 752. The van der Waals surface area contributed by atoms with E-state index in [1.54, 1.807) is 31.4 Å². The fourth-order valence-electron chi connectivity index (χ4n) is 2.79. The van der Waals surface area contributed by atoms with Crippen molar-refractivity contribution >= 4 is 17.6 Å². The molecular formula is C19H21N3O3. The van der Waals surface area contributed by atoms with Crippen molar-refractivity contribution in [3.8, 4) is 5.75 Å². The Balaban J connectivity index is 1.71. The molecule has 2 aromatic rings. The topological polar surface area (TPSA) is 93.4 Å². The van der Waals surface area contributed by atoms with Gasteiger partial charge in [0.15, 0.2) is 0 Å². The van der Waals surface area contributed by atoms with Gasteiger partial charge in [-0.3, -0.25) is 4.79 Å². The number of anilines is 1. The minimum Gasteiger partial charge on any atom is -0.497 e. The Morgan fingerprint density at radius 1 is 1.08 bits per heavy atom. The zero-order chi connectivity index (χ0) is 17.8. The lowest BCUT2D eigenvalue weighted by atomic mass is 10.0. The number of urea groups is 1. The van der Waals surface area contributed by atoms with Crippen LogP contribution < -0.4 is 21.1 Å². The molecule has 0 heterocycles. The van der Waals surface area contributed by atoms with Gasteiger partial charge in [0.1, 0.15) is 5.75 Å². The quantitative estimate of drug-likeness (QED) is 0.755. The second-order valence-electron chi connectivity index (χ2n) is 6.13. The first kappa shape index (κ1) is 16.8. The van der Waals surface area contributed by atoms with Gasteiger partial charge in [-0.05, 0) is 60.7 Å². The summed E-state index contributed by atoms with van der Waals surface area (Å²) >= 11 is 0. The van der Waals surface area contributed by atoms with Gasteiger partial charge in [-0.15, -0.1) is 0 Å². The average Bonchev–Trinajstić information content (AvgIpc) is 3.45. The SMILES string of the molecule is COc1ccc([C@H](NC(=O)c2ccc(NC(N)=O)cc2)C2CC2)cc1. The number of methoxy groups -OCH3 is 1. The number of nitrogens with one attached hydrogen (secondary N) is 2. The summed E-state index contributed by atoms with van der Waals surface area (Å²) in [6, 6.07) is 13.8. The molecule has 3 rings (SSSR count). The predicted octanol–water partition coefficient (Wildman–Crippen LogP) is 3.07. The highest BCUT2D eigenvalue weighted by Crippen LogP contribution is 2.41. The van der Waals surface area contributed by atoms with Crippen molar-refractivity contribution in [3.63, 3.8) is 0 Å². The van der Waals surface area contributed by atoms with Crippen LogP contribution in [0.2, 0.25) is 0 Å². The molecule has 1 saturated carbocycles. The van der Waals surface area contributed by atoms with Gasteiger partial charge in [0, 0.05) is 11.3 Å². The van der Waals surface area contributed by atoms with Crippen molar-refractivity contribution in [3.05, 3.63) is 59.7 Å². The maximum absolute atomic E-state index is 12.6. The van der Waals surface area contributed by atoms with E-state index >= 15 is 0 Å². The monoisotopic (exact) mass is 339 g/mol. The molecule has 0 spiro atoms. The number of carbonyl (C=O) groups excluding carboxylic acids is 2. The van der Waals surface area contributed by atoms with Crippen molar-refractivity contribution in [2.45, 2.75) is 18.9 Å². The lowest BCUT2D eigenvalue weighted by Crippen LogP contribution is -2.29. The van der Waals surface area contributed by atoms with Crippen LogP contribution in [0.3, 0.4) is 0 Å². The van der Waals surface area contributed by atoms with Crippen LogP contribution >= 0.6 is 0 Å². The number of ether oxygens (including phenoxy) is 1. The molecule has 0 saturated heterocycles. The van der Waals surface area contributed by atoms with Crippen LogP contribution in [0.15, 0.2) is 48.5 Å². The fraction of sp³-hybridized carbons (Fsp3) is 0.263. The normalized spacial score (nSPS) is 14.4. The van der Waals surface area contributed by atoms with Crippen LogP contribution in [-0.4, -0.2) is 19.0 Å². The number of carbonyl (C=O) groups is 2. The maximum atomic E-state index is 12.6. The van der Waals surface area contributed by atoms with Gasteiger partial charge in [-0.1, -0.05) is 12.1 Å². The Morgan fingerprint density at radius 3 is 2.24 bits per heavy atom. The van der Waals surface area contributed by atoms with E-state index in [1.807, 2.05) is 24.3 Å². The summed E-state index contributed by atoms with van der Waals surface area (Å²) in [5.74, 6) is 1.12. The number of hydrogen-bond acceptors (Lipinski definition) is 3. The van der Waals surface area contributed by atoms with Crippen LogP contribution in [0.5, 0.6) is 5.75 Å². The number of amides is 3. The number of hydrogen-bond donors (Lipinski definition) is 3. The molecule has 0 aromatic heterocycles. The molecule has 6 heteroatoms. The van der Waals surface area contributed by atoms with E-state index in [-0.39, 0.29) is 11.9 Å². The summed E-state index contributed by atoms with van der Waals surface area (Å²) in [5.41, 5.74) is 7.24. The summed E-state index contributed by atoms with van der Waals surface area (Å²) in [6.45, 7) is 0. The van der Waals surface area contributed by atoms with Crippen molar-refractivity contribution in [1.29, 1.82) is 0 Å². The zero-order valence-electron chi connectivity index (χ0n) is 14.0. The first-order chi connectivity index (χ1) is 12.1. The standard InChI is InChI=1S/C19H21N3O3/c1-25-16-10-6-13(7-11-16)17(12-2-3-12)22-18(23)14-4-8-15(9-5-14)21-19(20)24/h4-12,17H,2-3H2,1H3,(H,22,23)(H3,20,21,24)/t17-/m1/s1. The van der Waals surface area contributed by atoms with Crippen LogP contribution in [-0.2, 0) is 0 Å². The van der Waals surface area contributed by atoms with Crippen molar-refractivity contribution in [2.24, 2.45) is 11.7 Å². The van der Waals surface area contributed by atoms with E-state index in [9.17, 15) is 9.59 Å². The van der Waals surface area contributed by atoms with E-state index in [1.165, 1.54) is 0 Å². The second-order valence-corrected chi connectivity index (χ2v) is 6.13. The highest BCUT2D eigenvalue weighted by Gasteiger charge is 2.33. The molecule has 0 aliphatic heterocycles. The van der Waals surface area contributed by atoms with Gasteiger partial charge in [0.05, 0.1) is 13.2 Å². The van der Waals surface area contributed by atoms with Gasteiger partial charge in [0.2, 0.25) is 0 Å². The molecule has 1 aliphatic carbocycles. The zero-order valence-corrected chi connectivity index (χ0v) is 14.0. The van der Waals surface area contributed by atoms with E-state index < -0.39 is 6.03 Å². The van der Waals surface area contributed by atoms with Crippen molar-refractivity contribution in [1.82, 2.24) is 5.32 Å². The molecule has 4 N–H and O–H groups in total. The highest BCUT2D eigenvalue weighted by atomic mass is 16.5. The van der Waals surface area contributed by atoms with Crippen molar-refractivity contribution in [2.75, 3.05) is 12.4 Å². The Labute approximate surface area is 146 Å². The van der Waals surface area contributed by atoms with E-state index in [4.69, 9.17) is 10.5 Å². The van der Waals surface area contributed by atoms with Gasteiger partial charge >= 0.3 is 6.03 Å². The average molecular weight is 339 g/mol. The third-order valence-corrected chi connectivity index (χ3v) is 4.27. The van der Waals surface area contributed by atoms with Crippen LogP contribution in [0.4, 0.5) is 10.5 Å². The Morgan fingerprint density at radius 2 is 1.72 bits per heavy atom. The Hall–Kier alpha value is -3.02. The molecule has 2 aromatic carbocycles. The Kier molecular flexibility index (Phi) is 4.88. The van der Waals surface area contributed by atoms with Gasteiger partial charge in [0.25, 0.3) is 5.91 Å². The van der Waals surface area contributed by atoms with E-state index in [2.05, 4.69) is 10.6 Å². The first-order valence-electron chi connectivity index (χ1n) is 8.18. The third kappa shape index (κ3) is 4.29. The molecular weight excluding hydrogens is 318 g/mol. The molecule has 6 nitrogen and oxygen atoms in total. The number of nitrogens with two attached hydrogens (primary N) is 1. The minimum absolute atomic E-state index is 0.0122. The maximum Gasteiger partial charge on any atom is 0.316 e. The van der Waals surface area contributed by atoms with E-state index in [0.29, 0.717) is 17.2 Å². The number of rotatable bonds is 6. The molecule has 1 fully saturated rings. The summed E-state index contributed by atoms with van der Waals surface area (Å²) in [5, 5.41) is 5.59. The number of benzene rings is 2. The number of primary amides is 1. The molecule has 3 amide bonds. The molecule has 130 valence electrons. The second kappa shape index (κ2) is 7.25. The molecule has 1 atom stereocenters. The molecule has 0 radical (unpaired) electrons. The highest BCUT2D eigenvalue weighted by molar-refractivity contribution is 5.95. The lowest BCUT2D eigenvalue weighted by molar-refractivity contribution is 0.0931. The third-order valence-electron chi connectivity index (χ3n) is 4.27. The fourth-order valence-corrected chi connectivity index (χ4v) is 2.79. The summed E-state index contributed by atoms with van der Waals surface area (Å²) in [7, 11) is 1.63. The summed E-state index contributed by atoms with van der Waals surface area (Å²) < 4.78 is 5.19. The minimum atomic E-state index is -0.634. The largest absolute Gasteiger partial charge is 0.497 e. The smallest absolute Gasteiger partial charge is 0.316 e. The molecule has 0 bridgehead atoms. The van der Waals surface area contributed by atoms with Crippen LogP contribution in [0.1, 0.15) is 34.8 Å². The van der Waals surface area contributed by atoms with Crippen LogP contribution in [0.25, 0.3) is 0 Å². The van der Waals surface area contributed by atoms with Crippen LogP contribution in [0, 0.1) is 5.92 Å². The molecule has 0 unspecified atom stereocenters. The predicted molar refractivity (Wildman–Crippen MR) is 95.6 cm³/mol. The van der Waals surface area contributed by atoms with Gasteiger partial charge < -0.3 is 21.1 Å². The molecule has 1 aliphatic rings. The summed E-state index contributed by atoms with van der Waals surface area (Å²) in [4.78, 5) is 23.4. The lowest BCUT2D eigenvalue weighted by Gasteiger charge is -2.19.